The van der Waals surface area contributed by atoms with E-state index >= 15 is 0 Å². The maximum atomic E-state index is 5.98. The van der Waals surface area contributed by atoms with Crippen molar-refractivity contribution in [1.29, 1.82) is 0 Å². The van der Waals surface area contributed by atoms with Crippen LogP contribution in [0.3, 0.4) is 0 Å². The minimum atomic E-state index is 0.678. The molecule has 1 heterocycles. The van der Waals surface area contributed by atoms with E-state index in [4.69, 9.17) is 17.3 Å². The van der Waals surface area contributed by atoms with Crippen molar-refractivity contribution in [3.05, 3.63) is 23.2 Å². The van der Waals surface area contributed by atoms with Crippen LogP contribution in [-0.2, 0) is 0 Å². The molecule has 1 saturated heterocycles. The maximum absolute atomic E-state index is 5.98. The number of thioether (sulfide) groups is 1. The number of hydrogen-bond acceptors (Lipinski definition) is 3. The molecule has 1 aliphatic heterocycles. The van der Waals surface area contributed by atoms with Gasteiger partial charge in [-0.3, -0.25) is 0 Å². The van der Waals surface area contributed by atoms with Gasteiger partial charge in [-0.25, -0.2) is 0 Å². The van der Waals surface area contributed by atoms with Gasteiger partial charge >= 0.3 is 0 Å². The summed E-state index contributed by atoms with van der Waals surface area (Å²) >= 11 is 7.85. The summed E-state index contributed by atoms with van der Waals surface area (Å²) in [5, 5.41) is 1.45. The summed E-state index contributed by atoms with van der Waals surface area (Å²) in [5.74, 6) is 0. The average Bonchev–Trinajstić information content (AvgIpc) is 2.27. The molecule has 0 radical (unpaired) electrons. The van der Waals surface area contributed by atoms with Crippen molar-refractivity contribution in [2.45, 2.75) is 23.0 Å². The van der Waals surface area contributed by atoms with Gasteiger partial charge in [0.2, 0.25) is 0 Å². The van der Waals surface area contributed by atoms with Crippen LogP contribution >= 0.6 is 23.4 Å². The van der Waals surface area contributed by atoms with Gasteiger partial charge in [0.05, 0.1) is 0 Å². The monoisotopic (exact) mass is 256 g/mol. The average molecular weight is 257 g/mol. The van der Waals surface area contributed by atoms with Crippen LogP contribution in [0.1, 0.15) is 12.8 Å². The summed E-state index contributed by atoms with van der Waals surface area (Å²) in [6.07, 6.45) is 2.46. The lowest BCUT2D eigenvalue weighted by Crippen LogP contribution is -2.31. The number of anilines is 1. The number of nitrogens with two attached hydrogens (primary N) is 1. The van der Waals surface area contributed by atoms with Gasteiger partial charge in [-0.1, -0.05) is 11.6 Å². The van der Waals surface area contributed by atoms with Crippen LogP contribution in [0.4, 0.5) is 5.69 Å². The molecule has 2 N–H and O–H groups in total. The summed E-state index contributed by atoms with van der Waals surface area (Å²) in [6.45, 7) is 2.36. The van der Waals surface area contributed by atoms with Crippen molar-refractivity contribution in [1.82, 2.24) is 4.90 Å². The second-order valence-corrected chi connectivity index (χ2v) is 6.08. The van der Waals surface area contributed by atoms with Gasteiger partial charge in [0, 0.05) is 20.9 Å². The first-order chi connectivity index (χ1) is 7.65. The number of nitrogens with zero attached hydrogens (tertiary/aromatic N) is 1. The normalized spacial score (nSPS) is 18.9. The number of rotatable bonds is 2. The molecule has 1 fully saturated rings. The number of piperidine rings is 1. The summed E-state index contributed by atoms with van der Waals surface area (Å²) in [4.78, 5) is 3.50. The summed E-state index contributed by atoms with van der Waals surface area (Å²) < 4.78 is 0. The number of halogens is 1. The Labute approximate surface area is 106 Å². The zero-order chi connectivity index (χ0) is 11.5. The highest BCUT2D eigenvalue weighted by Gasteiger charge is 2.18. The predicted molar refractivity (Wildman–Crippen MR) is 72.2 cm³/mol. The number of nitrogen functional groups attached to an aromatic ring is 1. The fourth-order valence-corrected chi connectivity index (χ4v) is 3.33. The van der Waals surface area contributed by atoms with Crippen LogP contribution in [0.25, 0.3) is 0 Å². The molecule has 2 rings (SSSR count). The van der Waals surface area contributed by atoms with Crippen molar-refractivity contribution in [2.75, 3.05) is 25.9 Å². The van der Waals surface area contributed by atoms with Gasteiger partial charge < -0.3 is 10.6 Å². The molecule has 0 saturated carbocycles. The highest BCUT2D eigenvalue weighted by atomic mass is 35.5. The summed E-state index contributed by atoms with van der Waals surface area (Å²) in [6, 6.07) is 5.70. The van der Waals surface area contributed by atoms with Crippen molar-refractivity contribution in [3.63, 3.8) is 0 Å². The molecule has 0 unspecified atom stereocenters. The molecule has 1 aromatic rings. The lowest BCUT2D eigenvalue weighted by atomic mass is 10.1. The molecule has 16 heavy (non-hydrogen) atoms. The maximum Gasteiger partial charge on any atom is 0.0453 e. The number of likely N-dealkylation sites (tertiary alicyclic amines) is 1. The van der Waals surface area contributed by atoms with Gasteiger partial charge in [-0.15, -0.1) is 11.8 Å². The minimum Gasteiger partial charge on any atom is -0.398 e. The molecule has 4 heteroatoms. The number of benzene rings is 1. The second kappa shape index (κ2) is 5.30. The van der Waals surface area contributed by atoms with Gasteiger partial charge in [0.25, 0.3) is 0 Å². The molecule has 1 aliphatic rings. The van der Waals surface area contributed by atoms with Gasteiger partial charge in [0.1, 0.15) is 0 Å². The van der Waals surface area contributed by atoms with E-state index < -0.39 is 0 Å². The molecular weight excluding hydrogens is 240 g/mol. The van der Waals surface area contributed by atoms with Crippen molar-refractivity contribution < 1.29 is 0 Å². The summed E-state index contributed by atoms with van der Waals surface area (Å²) in [7, 11) is 2.18. The third kappa shape index (κ3) is 3.06. The van der Waals surface area contributed by atoms with E-state index in [1.165, 1.54) is 25.9 Å². The van der Waals surface area contributed by atoms with Crippen LogP contribution in [-0.4, -0.2) is 30.3 Å². The Hall–Kier alpha value is -0.380. The Kier molecular flexibility index (Phi) is 4.00. The van der Waals surface area contributed by atoms with Crippen molar-refractivity contribution in [3.8, 4) is 0 Å². The van der Waals surface area contributed by atoms with Gasteiger partial charge in [-0.2, -0.15) is 0 Å². The standard InChI is InChI=1S/C12H17ClN2S/c1-15-6-4-10(5-7-15)16-12-8-9(13)2-3-11(12)14/h2-3,8,10H,4-7,14H2,1H3. The van der Waals surface area contributed by atoms with Crippen LogP contribution < -0.4 is 5.73 Å². The Balaban J connectivity index is 2.00. The molecule has 88 valence electrons. The molecule has 0 atom stereocenters. The van der Waals surface area contributed by atoms with Gasteiger partial charge in [0.15, 0.2) is 0 Å². The second-order valence-electron chi connectivity index (χ2n) is 4.30. The Morgan fingerprint density at radius 2 is 2.06 bits per heavy atom. The first-order valence-electron chi connectivity index (χ1n) is 5.55. The molecule has 2 nitrogen and oxygen atoms in total. The Morgan fingerprint density at radius 3 is 2.75 bits per heavy atom. The quantitative estimate of drug-likeness (QED) is 0.825. The van der Waals surface area contributed by atoms with Crippen LogP contribution in [0, 0.1) is 0 Å². The zero-order valence-electron chi connectivity index (χ0n) is 9.45. The first-order valence-corrected chi connectivity index (χ1v) is 6.81. The lowest BCUT2D eigenvalue weighted by Gasteiger charge is -2.28. The van der Waals surface area contributed by atoms with Gasteiger partial charge in [-0.05, 0) is 51.2 Å². The third-order valence-corrected chi connectivity index (χ3v) is 4.58. The van der Waals surface area contributed by atoms with Crippen LogP contribution in [0.15, 0.2) is 23.1 Å². The number of hydrogen-bond donors (Lipinski definition) is 1. The largest absolute Gasteiger partial charge is 0.398 e. The van der Waals surface area contributed by atoms with E-state index in [2.05, 4.69) is 11.9 Å². The Morgan fingerprint density at radius 1 is 1.38 bits per heavy atom. The zero-order valence-corrected chi connectivity index (χ0v) is 11.0. The fraction of sp³-hybridized carbons (Fsp3) is 0.500. The Bertz CT molecular complexity index is 362. The predicted octanol–water partition coefficient (Wildman–Crippen LogP) is 3.11. The van der Waals surface area contributed by atoms with E-state index in [1.807, 2.05) is 30.0 Å². The first kappa shape index (κ1) is 12.1. The highest BCUT2D eigenvalue weighted by molar-refractivity contribution is 8.00. The molecule has 0 aliphatic carbocycles. The molecule has 0 spiro atoms. The van der Waals surface area contributed by atoms with E-state index in [1.54, 1.807) is 0 Å². The van der Waals surface area contributed by atoms with E-state index in [9.17, 15) is 0 Å². The third-order valence-electron chi connectivity index (χ3n) is 2.93. The van der Waals surface area contributed by atoms with Crippen LogP contribution in [0.5, 0.6) is 0 Å². The minimum absolute atomic E-state index is 0.678. The topological polar surface area (TPSA) is 29.3 Å². The lowest BCUT2D eigenvalue weighted by molar-refractivity contribution is 0.282. The SMILES string of the molecule is CN1CCC(Sc2cc(Cl)ccc2N)CC1. The molecule has 1 aromatic carbocycles. The molecule has 0 aromatic heterocycles. The molecular formula is C12H17ClN2S. The molecule has 0 bridgehead atoms. The fourth-order valence-electron chi connectivity index (χ4n) is 1.89. The van der Waals surface area contributed by atoms with E-state index in [0.717, 1.165) is 15.6 Å². The van der Waals surface area contributed by atoms with E-state index in [0.29, 0.717) is 5.25 Å². The van der Waals surface area contributed by atoms with E-state index in [-0.39, 0.29) is 0 Å². The summed E-state index contributed by atoms with van der Waals surface area (Å²) in [5.41, 5.74) is 6.79. The van der Waals surface area contributed by atoms with Crippen molar-refractivity contribution in [2.24, 2.45) is 0 Å². The smallest absolute Gasteiger partial charge is 0.0453 e. The van der Waals surface area contributed by atoms with Crippen molar-refractivity contribution >= 4 is 29.1 Å². The molecule has 0 amide bonds. The van der Waals surface area contributed by atoms with Crippen LogP contribution in [0.2, 0.25) is 5.02 Å². The highest BCUT2D eigenvalue weighted by Crippen LogP contribution is 2.35.